The van der Waals surface area contributed by atoms with E-state index in [1.54, 1.807) is 0 Å². The smallest absolute Gasteiger partial charge is 0.252 e. The maximum atomic E-state index is 12.5. The number of hydrogen-bond donors (Lipinski definition) is 2. The summed E-state index contributed by atoms with van der Waals surface area (Å²) in [5.41, 5.74) is 1.26. The van der Waals surface area contributed by atoms with Gasteiger partial charge in [-0.15, -0.1) is 0 Å². The molecule has 0 unspecified atom stereocenters. The van der Waals surface area contributed by atoms with Crippen molar-refractivity contribution in [3.8, 4) is 0 Å². The average molecular weight is 340 g/mol. The summed E-state index contributed by atoms with van der Waals surface area (Å²) in [6.07, 6.45) is 4.74. The monoisotopic (exact) mass is 340 g/mol. The highest BCUT2D eigenvalue weighted by Gasteiger charge is 2.59. The van der Waals surface area contributed by atoms with E-state index in [1.165, 1.54) is 6.42 Å². The van der Waals surface area contributed by atoms with Crippen LogP contribution in [0.25, 0.3) is 10.9 Å². The van der Waals surface area contributed by atoms with Crippen molar-refractivity contribution in [1.82, 2.24) is 10.3 Å². The Balaban J connectivity index is 1.45. The number of para-hydroxylation sites is 1. The Labute approximate surface area is 146 Å². The van der Waals surface area contributed by atoms with Gasteiger partial charge in [0, 0.05) is 29.1 Å². The lowest BCUT2D eigenvalue weighted by molar-refractivity contribution is -0.175. The molecule has 1 amide bonds. The van der Waals surface area contributed by atoms with Gasteiger partial charge in [0.25, 0.3) is 5.56 Å². The molecule has 5 nitrogen and oxygen atoms in total. The normalized spacial score (nSPS) is 23.9. The number of hydrogen-bond acceptors (Lipinski definition) is 3. The van der Waals surface area contributed by atoms with E-state index in [4.69, 9.17) is 4.74 Å². The summed E-state index contributed by atoms with van der Waals surface area (Å²) in [5, 5.41) is 4.09. The van der Waals surface area contributed by atoms with Gasteiger partial charge in [0.05, 0.1) is 12.5 Å². The molecule has 1 spiro atoms. The van der Waals surface area contributed by atoms with Gasteiger partial charge in [-0.05, 0) is 43.7 Å². The van der Waals surface area contributed by atoms with Gasteiger partial charge in [0.1, 0.15) is 0 Å². The molecule has 2 aliphatic carbocycles. The van der Waals surface area contributed by atoms with Gasteiger partial charge in [-0.3, -0.25) is 9.59 Å². The van der Waals surface area contributed by atoms with Crippen molar-refractivity contribution in [2.45, 2.75) is 51.2 Å². The van der Waals surface area contributed by atoms with Crippen LogP contribution in [-0.4, -0.2) is 29.6 Å². The summed E-state index contributed by atoms with van der Waals surface area (Å²) in [4.78, 5) is 27.6. The van der Waals surface area contributed by atoms with E-state index in [9.17, 15) is 9.59 Å². The molecule has 1 aromatic heterocycles. The number of nitrogens with one attached hydrogen (secondary N) is 2. The first kappa shape index (κ1) is 16.3. The van der Waals surface area contributed by atoms with E-state index in [-0.39, 0.29) is 35.4 Å². The fourth-order valence-electron chi connectivity index (χ4n) is 4.38. The topological polar surface area (TPSA) is 71.2 Å². The lowest BCUT2D eigenvalue weighted by atomic mass is 9.51. The van der Waals surface area contributed by atoms with Gasteiger partial charge in [-0.1, -0.05) is 24.6 Å². The van der Waals surface area contributed by atoms with E-state index >= 15 is 0 Å². The van der Waals surface area contributed by atoms with E-state index in [1.807, 2.05) is 37.3 Å². The number of rotatable bonds is 5. The first-order chi connectivity index (χ1) is 12.1. The Morgan fingerprint density at radius 3 is 2.88 bits per heavy atom. The van der Waals surface area contributed by atoms with Crippen LogP contribution in [0.3, 0.4) is 0 Å². The van der Waals surface area contributed by atoms with Crippen molar-refractivity contribution in [2.24, 2.45) is 5.41 Å². The van der Waals surface area contributed by atoms with E-state index < -0.39 is 0 Å². The summed E-state index contributed by atoms with van der Waals surface area (Å²) in [6, 6.07) is 9.61. The number of pyridine rings is 1. The van der Waals surface area contributed by atoms with Crippen LogP contribution in [0.4, 0.5) is 0 Å². The Kier molecular flexibility index (Phi) is 4.12. The van der Waals surface area contributed by atoms with Crippen LogP contribution in [0.15, 0.2) is 35.1 Å². The molecule has 5 heteroatoms. The molecule has 0 saturated heterocycles. The first-order valence-electron chi connectivity index (χ1n) is 9.14. The molecule has 1 heterocycles. The van der Waals surface area contributed by atoms with E-state index in [2.05, 4.69) is 10.3 Å². The fraction of sp³-hybridized carbons (Fsp3) is 0.500. The molecule has 4 rings (SSSR count). The standard InChI is InChI=1S/C20H24N2O3/c1-2-25-17-12-16(20(17)8-5-9-20)22-18(23)11-14-10-13-6-3-4-7-15(13)21-19(14)24/h3-4,6-7,10,16-17H,2,5,8-9,11-12H2,1H3,(H,21,24)(H,22,23)/t16-,17+/m0/s1. The molecule has 2 N–H and O–H groups in total. The highest BCUT2D eigenvalue weighted by Crippen LogP contribution is 2.57. The van der Waals surface area contributed by atoms with Crippen molar-refractivity contribution in [1.29, 1.82) is 0 Å². The number of fused-ring (bicyclic) bond motifs is 1. The van der Waals surface area contributed by atoms with Crippen molar-refractivity contribution in [2.75, 3.05) is 6.61 Å². The van der Waals surface area contributed by atoms with Crippen molar-refractivity contribution in [3.05, 3.63) is 46.2 Å². The molecule has 2 saturated carbocycles. The molecule has 0 radical (unpaired) electrons. The van der Waals surface area contributed by atoms with Gasteiger partial charge in [0.15, 0.2) is 0 Å². The number of benzene rings is 1. The SMILES string of the molecule is CCO[C@@H]1C[C@H](NC(=O)Cc2cc3ccccc3[nH]c2=O)C12CCC2. The van der Waals surface area contributed by atoms with Crippen molar-refractivity contribution in [3.63, 3.8) is 0 Å². The van der Waals surface area contributed by atoms with Gasteiger partial charge < -0.3 is 15.0 Å². The zero-order chi connectivity index (χ0) is 17.4. The second-order valence-electron chi connectivity index (χ2n) is 7.27. The second-order valence-corrected chi connectivity index (χ2v) is 7.27. The second kappa shape index (κ2) is 6.30. The molecule has 25 heavy (non-hydrogen) atoms. The zero-order valence-electron chi connectivity index (χ0n) is 14.5. The number of carbonyl (C=O) groups is 1. The van der Waals surface area contributed by atoms with Crippen molar-refractivity contribution >= 4 is 16.8 Å². The number of carbonyl (C=O) groups excluding carboxylic acids is 1. The van der Waals surface area contributed by atoms with Gasteiger partial charge in [0.2, 0.25) is 5.91 Å². The zero-order valence-corrected chi connectivity index (χ0v) is 14.5. The Bertz CT molecular complexity index is 853. The Morgan fingerprint density at radius 1 is 1.36 bits per heavy atom. The summed E-state index contributed by atoms with van der Waals surface area (Å²) >= 11 is 0. The van der Waals surface area contributed by atoms with Gasteiger partial charge >= 0.3 is 0 Å². The summed E-state index contributed by atoms with van der Waals surface area (Å²) in [5.74, 6) is -0.0768. The molecule has 2 atom stereocenters. The van der Waals surface area contributed by atoms with Crippen LogP contribution in [0.2, 0.25) is 0 Å². The number of amides is 1. The maximum absolute atomic E-state index is 12.5. The van der Waals surface area contributed by atoms with E-state index in [0.29, 0.717) is 5.56 Å². The number of H-pyrrole nitrogens is 1. The number of aromatic amines is 1. The van der Waals surface area contributed by atoms with Crippen LogP contribution >= 0.6 is 0 Å². The molecule has 2 aromatic rings. The summed E-state index contributed by atoms with van der Waals surface area (Å²) in [6.45, 7) is 2.74. The Hall–Kier alpha value is -2.14. The average Bonchev–Trinajstić information content (AvgIpc) is 2.53. The molecule has 2 fully saturated rings. The first-order valence-corrected chi connectivity index (χ1v) is 9.14. The maximum Gasteiger partial charge on any atom is 0.252 e. The fourth-order valence-corrected chi connectivity index (χ4v) is 4.38. The molecular weight excluding hydrogens is 316 g/mol. The van der Waals surface area contributed by atoms with Crippen LogP contribution in [0, 0.1) is 5.41 Å². The summed E-state index contributed by atoms with van der Waals surface area (Å²) < 4.78 is 5.83. The van der Waals surface area contributed by atoms with E-state index in [0.717, 1.165) is 36.8 Å². The third-order valence-corrected chi connectivity index (χ3v) is 5.95. The third-order valence-electron chi connectivity index (χ3n) is 5.95. The van der Waals surface area contributed by atoms with Crippen LogP contribution < -0.4 is 10.9 Å². The van der Waals surface area contributed by atoms with Gasteiger partial charge in [-0.2, -0.15) is 0 Å². The number of ether oxygens (including phenoxy) is 1. The number of aromatic nitrogens is 1. The highest BCUT2D eigenvalue weighted by molar-refractivity contribution is 5.82. The van der Waals surface area contributed by atoms with Crippen LogP contribution in [0.5, 0.6) is 0 Å². The predicted molar refractivity (Wildman–Crippen MR) is 96.5 cm³/mol. The van der Waals surface area contributed by atoms with Crippen LogP contribution in [-0.2, 0) is 16.0 Å². The minimum Gasteiger partial charge on any atom is -0.378 e. The molecule has 0 bridgehead atoms. The molecule has 1 aromatic carbocycles. The lowest BCUT2D eigenvalue weighted by Gasteiger charge is -2.61. The lowest BCUT2D eigenvalue weighted by Crippen LogP contribution is -2.67. The molecule has 0 aliphatic heterocycles. The Morgan fingerprint density at radius 2 is 2.16 bits per heavy atom. The summed E-state index contributed by atoms with van der Waals surface area (Å²) in [7, 11) is 0. The highest BCUT2D eigenvalue weighted by atomic mass is 16.5. The van der Waals surface area contributed by atoms with Crippen molar-refractivity contribution < 1.29 is 9.53 Å². The predicted octanol–water partition coefficient (Wildman–Crippen LogP) is 2.53. The third kappa shape index (κ3) is 2.76. The molecular formula is C20H24N2O3. The molecule has 132 valence electrons. The largest absolute Gasteiger partial charge is 0.378 e. The minimum atomic E-state index is -0.187. The van der Waals surface area contributed by atoms with Crippen LogP contribution in [0.1, 0.15) is 38.2 Å². The quantitative estimate of drug-likeness (QED) is 0.879. The minimum absolute atomic E-state index is 0.0768. The van der Waals surface area contributed by atoms with Gasteiger partial charge in [-0.25, -0.2) is 0 Å². The molecule has 2 aliphatic rings.